The first kappa shape index (κ1) is 20.5. The van der Waals surface area contributed by atoms with Crippen molar-refractivity contribution < 1.29 is 9.47 Å². The van der Waals surface area contributed by atoms with Crippen molar-refractivity contribution in [3.8, 4) is 11.5 Å². The number of guanidine groups is 1. The minimum atomic E-state index is 0.488. The minimum absolute atomic E-state index is 0.488. The molecule has 0 radical (unpaired) electrons. The Morgan fingerprint density at radius 1 is 1.22 bits per heavy atom. The molecule has 0 aliphatic heterocycles. The van der Waals surface area contributed by atoms with Gasteiger partial charge >= 0.3 is 0 Å². The van der Waals surface area contributed by atoms with E-state index in [1.165, 1.54) is 5.56 Å². The van der Waals surface area contributed by atoms with Crippen molar-refractivity contribution in [1.82, 2.24) is 25.4 Å². The second kappa shape index (κ2) is 11.1. The number of aryl methyl sites for hydroxylation is 2. The van der Waals surface area contributed by atoms with Crippen molar-refractivity contribution in [2.45, 2.75) is 33.2 Å². The van der Waals surface area contributed by atoms with Crippen molar-refractivity contribution in [2.24, 2.45) is 12.0 Å². The second-order valence-corrected chi connectivity index (χ2v) is 6.00. The highest BCUT2D eigenvalue weighted by Crippen LogP contribution is 2.28. The summed E-state index contributed by atoms with van der Waals surface area (Å²) in [6, 6.07) is 6.09. The predicted molar refractivity (Wildman–Crippen MR) is 106 cm³/mol. The van der Waals surface area contributed by atoms with Crippen LogP contribution in [0.5, 0.6) is 11.5 Å². The normalized spacial score (nSPS) is 11.3. The molecule has 0 unspecified atom stereocenters. The summed E-state index contributed by atoms with van der Waals surface area (Å²) in [5.41, 5.74) is 1.22. The Morgan fingerprint density at radius 2 is 2.07 bits per heavy atom. The molecule has 8 heteroatoms. The van der Waals surface area contributed by atoms with E-state index < -0.39 is 0 Å². The minimum Gasteiger partial charge on any atom is -0.493 e. The summed E-state index contributed by atoms with van der Waals surface area (Å²) in [5, 5.41) is 14.5. The highest BCUT2D eigenvalue weighted by atomic mass is 16.5. The topological polar surface area (TPSA) is 85.6 Å². The fraction of sp³-hybridized carbons (Fsp3) is 0.526. The van der Waals surface area contributed by atoms with E-state index in [0.29, 0.717) is 13.2 Å². The Balaban J connectivity index is 1.84. The quantitative estimate of drug-likeness (QED) is 0.375. The SMILES string of the molecule is CCNC(=NCc1nncn1C)NCCCc1ccc(OC)c(OCC)c1. The van der Waals surface area contributed by atoms with E-state index in [1.54, 1.807) is 13.4 Å². The van der Waals surface area contributed by atoms with Gasteiger partial charge in [0.25, 0.3) is 0 Å². The van der Waals surface area contributed by atoms with Crippen molar-refractivity contribution in [1.29, 1.82) is 0 Å². The van der Waals surface area contributed by atoms with E-state index in [4.69, 9.17) is 9.47 Å². The summed E-state index contributed by atoms with van der Waals surface area (Å²) in [7, 11) is 3.57. The fourth-order valence-corrected chi connectivity index (χ4v) is 2.59. The molecule has 0 atom stereocenters. The zero-order valence-electron chi connectivity index (χ0n) is 16.7. The average molecular weight is 374 g/mol. The fourth-order valence-electron chi connectivity index (χ4n) is 2.59. The number of hydrogen-bond donors (Lipinski definition) is 2. The van der Waals surface area contributed by atoms with Crippen LogP contribution < -0.4 is 20.1 Å². The lowest BCUT2D eigenvalue weighted by atomic mass is 10.1. The Hall–Kier alpha value is -2.77. The second-order valence-electron chi connectivity index (χ2n) is 6.00. The van der Waals surface area contributed by atoms with Gasteiger partial charge in [0.1, 0.15) is 12.9 Å². The van der Waals surface area contributed by atoms with Gasteiger partial charge in [0.05, 0.1) is 13.7 Å². The Morgan fingerprint density at radius 3 is 2.74 bits per heavy atom. The zero-order valence-corrected chi connectivity index (χ0v) is 16.7. The largest absolute Gasteiger partial charge is 0.493 e. The predicted octanol–water partition coefficient (Wildman–Crippen LogP) is 1.91. The molecule has 0 saturated carbocycles. The van der Waals surface area contributed by atoms with Crippen LogP contribution in [0.15, 0.2) is 29.5 Å². The van der Waals surface area contributed by atoms with Crippen LogP contribution in [0.1, 0.15) is 31.7 Å². The maximum atomic E-state index is 5.64. The molecule has 1 aromatic heterocycles. The molecule has 2 rings (SSSR count). The third-order valence-electron chi connectivity index (χ3n) is 3.99. The Kier molecular flexibility index (Phi) is 8.41. The lowest BCUT2D eigenvalue weighted by Crippen LogP contribution is -2.37. The van der Waals surface area contributed by atoms with Gasteiger partial charge in [0.2, 0.25) is 0 Å². The summed E-state index contributed by atoms with van der Waals surface area (Å²) < 4.78 is 12.8. The standard InChI is InChI=1S/C19H30N6O2/c1-5-20-19(22-13-18-24-23-14-25(18)3)21-11-7-8-15-9-10-16(26-4)17(12-15)27-6-2/h9-10,12,14H,5-8,11,13H2,1-4H3,(H2,20,21,22). The van der Waals surface area contributed by atoms with Crippen molar-refractivity contribution in [3.05, 3.63) is 35.9 Å². The molecule has 0 bridgehead atoms. The monoisotopic (exact) mass is 374 g/mol. The number of nitrogens with one attached hydrogen (secondary N) is 2. The molecule has 1 heterocycles. The molecule has 1 aromatic carbocycles. The molecule has 8 nitrogen and oxygen atoms in total. The molecular weight excluding hydrogens is 344 g/mol. The molecule has 0 fully saturated rings. The van der Waals surface area contributed by atoms with Crippen molar-refractivity contribution in [3.63, 3.8) is 0 Å². The van der Waals surface area contributed by atoms with Gasteiger partial charge in [-0.1, -0.05) is 6.07 Å². The molecule has 0 aliphatic carbocycles. The number of aliphatic imine (C=N–C) groups is 1. The van der Waals surface area contributed by atoms with Crippen LogP contribution >= 0.6 is 0 Å². The highest BCUT2D eigenvalue weighted by molar-refractivity contribution is 5.79. The van der Waals surface area contributed by atoms with E-state index >= 15 is 0 Å². The van der Waals surface area contributed by atoms with Crippen LogP contribution in [0.4, 0.5) is 0 Å². The third kappa shape index (κ3) is 6.47. The number of aromatic nitrogens is 3. The Labute approximate surface area is 161 Å². The van der Waals surface area contributed by atoms with E-state index in [2.05, 4.69) is 38.0 Å². The van der Waals surface area contributed by atoms with E-state index in [-0.39, 0.29) is 0 Å². The summed E-state index contributed by atoms with van der Waals surface area (Å²) in [6.07, 6.45) is 3.60. The first-order valence-corrected chi connectivity index (χ1v) is 9.32. The van der Waals surface area contributed by atoms with E-state index in [1.807, 2.05) is 31.5 Å². The number of ether oxygens (including phenoxy) is 2. The molecule has 0 amide bonds. The van der Waals surface area contributed by atoms with Crippen LogP contribution in [-0.4, -0.2) is 47.5 Å². The first-order valence-electron chi connectivity index (χ1n) is 9.32. The van der Waals surface area contributed by atoms with Gasteiger partial charge in [-0.05, 0) is 44.4 Å². The number of nitrogens with zero attached hydrogens (tertiary/aromatic N) is 4. The smallest absolute Gasteiger partial charge is 0.191 e. The van der Waals surface area contributed by atoms with Crippen LogP contribution in [0, 0.1) is 0 Å². The summed E-state index contributed by atoms with van der Waals surface area (Å²) in [6.45, 7) is 6.75. The summed E-state index contributed by atoms with van der Waals surface area (Å²) in [5.74, 6) is 3.17. The Bertz CT molecular complexity index is 729. The number of methoxy groups -OCH3 is 1. The molecule has 2 N–H and O–H groups in total. The molecule has 148 valence electrons. The molecule has 0 saturated heterocycles. The van der Waals surface area contributed by atoms with Gasteiger partial charge in [0, 0.05) is 20.1 Å². The number of hydrogen-bond acceptors (Lipinski definition) is 5. The van der Waals surface area contributed by atoms with Crippen LogP contribution in [0.25, 0.3) is 0 Å². The van der Waals surface area contributed by atoms with Crippen LogP contribution in [0.2, 0.25) is 0 Å². The first-order chi connectivity index (χ1) is 13.2. The molecule has 0 aliphatic rings. The lowest BCUT2D eigenvalue weighted by molar-refractivity contribution is 0.310. The van der Waals surface area contributed by atoms with Crippen molar-refractivity contribution >= 4 is 5.96 Å². The van der Waals surface area contributed by atoms with Gasteiger partial charge in [-0.3, -0.25) is 0 Å². The van der Waals surface area contributed by atoms with Gasteiger partial charge in [0.15, 0.2) is 23.3 Å². The van der Waals surface area contributed by atoms with Crippen molar-refractivity contribution in [2.75, 3.05) is 26.8 Å². The zero-order chi connectivity index (χ0) is 19.5. The van der Waals surface area contributed by atoms with Gasteiger partial charge in [-0.25, -0.2) is 4.99 Å². The van der Waals surface area contributed by atoms with Crippen LogP contribution in [-0.2, 0) is 20.0 Å². The molecule has 27 heavy (non-hydrogen) atoms. The van der Waals surface area contributed by atoms with Gasteiger partial charge in [-0.2, -0.15) is 0 Å². The van der Waals surface area contributed by atoms with Crippen LogP contribution in [0.3, 0.4) is 0 Å². The average Bonchev–Trinajstić information content (AvgIpc) is 3.08. The molecule has 2 aromatic rings. The number of rotatable bonds is 10. The molecular formula is C19H30N6O2. The highest BCUT2D eigenvalue weighted by Gasteiger charge is 2.06. The number of benzene rings is 1. The summed E-state index contributed by atoms with van der Waals surface area (Å²) >= 11 is 0. The summed E-state index contributed by atoms with van der Waals surface area (Å²) in [4.78, 5) is 4.56. The van der Waals surface area contributed by atoms with E-state index in [0.717, 1.165) is 49.2 Å². The maximum Gasteiger partial charge on any atom is 0.191 e. The third-order valence-corrected chi connectivity index (χ3v) is 3.99. The maximum absolute atomic E-state index is 5.64. The van der Waals surface area contributed by atoms with Gasteiger partial charge < -0.3 is 24.7 Å². The molecule has 0 spiro atoms. The van der Waals surface area contributed by atoms with Gasteiger partial charge in [-0.15, -0.1) is 10.2 Å². The lowest BCUT2D eigenvalue weighted by Gasteiger charge is -2.13. The van der Waals surface area contributed by atoms with E-state index in [9.17, 15) is 0 Å².